The van der Waals surface area contributed by atoms with Crippen LogP contribution < -0.4 is 11.3 Å². The summed E-state index contributed by atoms with van der Waals surface area (Å²) in [7, 11) is 0. The zero-order chi connectivity index (χ0) is 12.0. The largest absolute Gasteiger partial charge is 0.271 e. The maximum atomic E-state index is 5.58. The third-order valence-electron chi connectivity index (χ3n) is 2.58. The van der Waals surface area contributed by atoms with Crippen LogP contribution in [0.25, 0.3) is 0 Å². The fourth-order valence-corrected chi connectivity index (χ4v) is 1.98. The van der Waals surface area contributed by atoms with Crippen molar-refractivity contribution in [2.24, 2.45) is 5.84 Å². The quantitative estimate of drug-likeness (QED) is 0.344. The zero-order valence-electron chi connectivity index (χ0n) is 9.99. The number of allylic oxidation sites excluding steroid dienone is 1. The molecule has 0 heterocycles. The summed E-state index contributed by atoms with van der Waals surface area (Å²) in [4.78, 5) is 1.28. The normalized spacial score (nSPS) is 12.4. The van der Waals surface area contributed by atoms with E-state index in [9.17, 15) is 0 Å². The van der Waals surface area contributed by atoms with Crippen molar-refractivity contribution >= 4 is 11.8 Å². The van der Waals surface area contributed by atoms with Gasteiger partial charge in [0.1, 0.15) is 0 Å². The van der Waals surface area contributed by atoms with Gasteiger partial charge in [-0.25, -0.2) is 0 Å². The minimum Gasteiger partial charge on any atom is -0.271 e. The molecular weight excluding hydrogens is 216 g/mol. The van der Waals surface area contributed by atoms with Crippen molar-refractivity contribution in [3.63, 3.8) is 0 Å². The zero-order valence-corrected chi connectivity index (χ0v) is 10.8. The molecule has 1 aromatic carbocycles. The molecule has 3 N–H and O–H groups in total. The van der Waals surface area contributed by atoms with E-state index >= 15 is 0 Å². The van der Waals surface area contributed by atoms with E-state index in [1.807, 2.05) is 6.92 Å². The molecule has 0 aliphatic heterocycles. The van der Waals surface area contributed by atoms with Gasteiger partial charge in [0.2, 0.25) is 0 Å². The van der Waals surface area contributed by atoms with Gasteiger partial charge in [0, 0.05) is 10.9 Å². The second kappa shape index (κ2) is 6.74. The SMILES string of the molecule is C=C(C)CCC(NN)c1ccc(SC)cc1. The Bertz CT molecular complexity index is 332. The van der Waals surface area contributed by atoms with Crippen molar-refractivity contribution in [1.29, 1.82) is 0 Å². The lowest BCUT2D eigenvalue weighted by atomic mass is 10.0. The highest BCUT2D eigenvalue weighted by molar-refractivity contribution is 7.98. The first kappa shape index (κ1) is 13.3. The lowest BCUT2D eigenvalue weighted by Crippen LogP contribution is -2.27. The van der Waals surface area contributed by atoms with E-state index < -0.39 is 0 Å². The molecule has 3 heteroatoms. The number of thioether (sulfide) groups is 1. The Morgan fingerprint density at radius 3 is 2.50 bits per heavy atom. The Labute approximate surface area is 102 Å². The van der Waals surface area contributed by atoms with E-state index in [0.717, 1.165) is 12.8 Å². The standard InChI is InChI=1S/C13H20N2S/c1-10(2)4-9-13(15-14)11-5-7-12(16-3)8-6-11/h5-8,13,15H,1,4,9,14H2,2-3H3. The summed E-state index contributed by atoms with van der Waals surface area (Å²) in [5.74, 6) is 5.58. The lowest BCUT2D eigenvalue weighted by molar-refractivity contribution is 0.515. The second-order valence-electron chi connectivity index (χ2n) is 3.99. The molecule has 0 saturated carbocycles. The number of hydrogen-bond donors (Lipinski definition) is 2. The predicted octanol–water partition coefficient (Wildman–Crippen LogP) is 3.27. The number of nitrogens with one attached hydrogen (secondary N) is 1. The van der Waals surface area contributed by atoms with E-state index in [0.29, 0.717) is 0 Å². The smallest absolute Gasteiger partial charge is 0.0463 e. The molecule has 0 spiro atoms. The monoisotopic (exact) mass is 236 g/mol. The van der Waals surface area contributed by atoms with Crippen molar-refractivity contribution in [3.8, 4) is 0 Å². The summed E-state index contributed by atoms with van der Waals surface area (Å²) >= 11 is 1.75. The highest BCUT2D eigenvalue weighted by Gasteiger charge is 2.08. The third kappa shape index (κ3) is 4.00. The fourth-order valence-electron chi connectivity index (χ4n) is 1.57. The number of hydrogen-bond acceptors (Lipinski definition) is 3. The summed E-state index contributed by atoms with van der Waals surface area (Å²) in [5.41, 5.74) is 5.30. The molecule has 0 aliphatic rings. The maximum Gasteiger partial charge on any atom is 0.0463 e. The van der Waals surface area contributed by atoms with Crippen LogP contribution in [0, 0.1) is 0 Å². The molecule has 0 saturated heterocycles. The van der Waals surface area contributed by atoms with Crippen LogP contribution in [0.2, 0.25) is 0 Å². The van der Waals surface area contributed by atoms with Crippen LogP contribution >= 0.6 is 11.8 Å². The number of hydrazine groups is 1. The molecule has 16 heavy (non-hydrogen) atoms. The van der Waals surface area contributed by atoms with Crippen LogP contribution in [0.1, 0.15) is 31.4 Å². The topological polar surface area (TPSA) is 38.0 Å². The molecule has 0 amide bonds. The van der Waals surface area contributed by atoms with E-state index in [4.69, 9.17) is 5.84 Å². The first-order valence-electron chi connectivity index (χ1n) is 5.42. The summed E-state index contributed by atoms with van der Waals surface area (Å²) in [6, 6.07) is 8.74. The molecule has 88 valence electrons. The third-order valence-corrected chi connectivity index (χ3v) is 3.32. The second-order valence-corrected chi connectivity index (χ2v) is 4.87. The van der Waals surface area contributed by atoms with Crippen molar-refractivity contribution in [2.45, 2.75) is 30.7 Å². The average Bonchev–Trinajstić information content (AvgIpc) is 2.30. The molecule has 0 aromatic heterocycles. The van der Waals surface area contributed by atoms with Crippen LogP contribution in [0.15, 0.2) is 41.3 Å². The molecule has 1 aromatic rings. The van der Waals surface area contributed by atoms with Crippen LogP contribution in [0.5, 0.6) is 0 Å². The van der Waals surface area contributed by atoms with Gasteiger partial charge in [-0.1, -0.05) is 17.7 Å². The van der Waals surface area contributed by atoms with Crippen LogP contribution in [0.3, 0.4) is 0 Å². The predicted molar refractivity (Wildman–Crippen MR) is 72.3 cm³/mol. The number of rotatable bonds is 6. The Balaban J connectivity index is 2.66. The molecule has 2 nitrogen and oxygen atoms in total. The number of benzene rings is 1. The summed E-state index contributed by atoms with van der Waals surface area (Å²) in [6.45, 7) is 5.96. The Morgan fingerprint density at radius 1 is 1.44 bits per heavy atom. The van der Waals surface area contributed by atoms with Crippen molar-refractivity contribution < 1.29 is 0 Å². The van der Waals surface area contributed by atoms with Crippen molar-refractivity contribution in [2.75, 3.05) is 6.26 Å². The molecule has 1 rings (SSSR count). The van der Waals surface area contributed by atoms with Gasteiger partial charge in [-0.2, -0.15) is 0 Å². The summed E-state index contributed by atoms with van der Waals surface area (Å²) in [5, 5.41) is 0. The van der Waals surface area contributed by atoms with Gasteiger partial charge in [-0.3, -0.25) is 11.3 Å². The Morgan fingerprint density at radius 2 is 2.06 bits per heavy atom. The molecular formula is C13H20N2S. The van der Waals surface area contributed by atoms with E-state index in [2.05, 4.69) is 42.5 Å². The van der Waals surface area contributed by atoms with E-state index in [1.165, 1.54) is 16.0 Å². The molecule has 1 unspecified atom stereocenters. The van der Waals surface area contributed by atoms with Gasteiger partial charge < -0.3 is 0 Å². The van der Waals surface area contributed by atoms with Crippen LogP contribution in [-0.4, -0.2) is 6.26 Å². The highest BCUT2D eigenvalue weighted by atomic mass is 32.2. The summed E-state index contributed by atoms with van der Waals surface area (Å²) in [6.07, 6.45) is 4.07. The maximum absolute atomic E-state index is 5.58. The molecule has 0 fully saturated rings. The molecule has 0 radical (unpaired) electrons. The average molecular weight is 236 g/mol. The molecule has 0 bridgehead atoms. The van der Waals surface area contributed by atoms with Gasteiger partial charge in [-0.15, -0.1) is 18.3 Å². The van der Waals surface area contributed by atoms with Crippen molar-refractivity contribution in [1.82, 2.24) is 5.43 Å². The lowest BCUT2D eigenvalue weighted by Gasteiger charge is -2.16. The van der Waals surface area contributed by atoms with Gasteiger partial charge >= 0.3 is 0 Å². The van der Waals surface area contributed by atoms with Gasteiger partial charge in [-0.05, 0) is 43.7 Å². The highest BCUT2D eigenvalue weighted by Crippen LogP contribution is 2.22. The first-order valence-corrected chi connectivity index (χ1v) is 6.64. The van der Waals surface area contributed by atoms with Gasteiger partial charge in [0.05, 0.1) is 0 Å². The Hall–Kier alpha value is -0.770. The van der Waals surface area contributed by atoms with Gasteiger partial charge in [0.25, 0.3) is 0 Å². The first-order chi connectivity index (χ1) is 7.67. The van der Waals surface area contributed by atoms with Gasteiger partial charge in [0.15, 0.2) is 0 Å². The minimum absolute atomic E-state index is 0.215. The van der Waals surface area contributed by atoms with Crippen molar-refractivity contribution in [3.05, 3.63) is 42.0 Å². The van der Waals surface area contributed by atoms with E-state index in [-0.39, 0.29) is 6.04 Å². The molecule has 0 aliphatic carbocycles. The van der Waals surface area contributed by atoms with Crippen LogP contribution in [-0.2, 0) is 0 Å². The Kier molecular flexibility index (Phi) is 5.60. The number of nitrogens with two attached hydrogens (primary N) is 1. The fraction of sp³-hybridized carbons (Fsp3) is 0.385. The summed E-state index contributed by atoms with van der Waals surface area (Å²) < 4.78 is 0. The van der Waals surface area contributed by atoms with E-state index in [1.54, 1.807) is 11.8 Å². The van der Waals surface area contributed by atoms with Crippen LogP contribution in [0.4, 0.5) is 0 Å². The molecule has 1 atom stereocenters. The minimum atomic E-state index is 0.215.